The van der Waals surface area contributed by atoms with Gasteiger partial charge in [0.2, 0.25) is 11.8 Å². The van der Waals surface area contributed by atoms with Crippen LogP contribution in [0, 0.1) is 6.92 Å². The summed E-state index contributed by atoms with van der Waals surface area (Å²) in [5, 5.41) is 2.77. The normalized spacial score (nSPS) is 12.5. The quantitative estimate of drug-likeness (QED) is 0.612. The Bertz CT molecular complexity index is 1150. The largest absolute Gasteiger partial charge is 0.325 e. The molecular formula is C25H21N3O4. The van der Waals surface area contributed by atoms with E-state index in [1.807, 2.05) is 19.1 Å². The molecule has 160 valence electrons. The fraction of sp³-hybridized carbons (Fsp3) is 0.120. The molecule has 3 aromatic carbocycles. The van der Waals surface area contributed by atoms with Crippen molar-refractivity contribution in [3.8, 4) is 0 Å². The molecule has 0 atom stereocenters. The first-order valence-electron chi connectivity index (χ1n) is 10.1. The van der Waals surface area contributed by atoms with Crippen LogP contribution in [0.5, 0.6) is 0 Å². The lowest BCUT2D eigenvalue weighted by Gasteiger charge is -2.24. The lowest BCUT2D eigenvalue weighted by molar-refractivity contribution is -0.121. The van der Waals surface area contributed by atoms with E-state index in [0.29, 0.717) is 11.4 Å². The third kappa shape index (κ3) is 4.27. The molecule has 0 saturated heterocycles. The molecule has 0 unspecified atom stereocenters. The van der Waals surface area contributed by atoms with Crippen molar-refractivity contribution < 1.29 is 19.2 Å². The maximum Gasteiger partial charge on any atom is 0.262 e. The predicted molar refractivity (Wildman–Crippen MR) is 120 cm³/mol. The highest BCUT2D eigenvalue weighted by Gasteiger charge is 2.37. The second kappa shape index (κ2) is 8.85. The monoisotopic (exact) mass is 427 g/mol. The summed E-state index contributed by atoms with van der Waals surface area (Å²) in [6.45, 7) is 1.22. The zero-order valence-corrected chi connectivity index (χ0v) is 17.4. The molecule has 7 nitrogen and oxygen atoms in total. The zero-order valence-electron chi connectivity index (χ0n) is 17.4. The number of amides is 4. The smallest absolute Gasteiger partial charge is 0.262 e. The molecule has 4 amide bonds. The second-order valence-corrected chi connectivity index (χ2v) is 7.47. The van der Waals surface area contributed by atoms with Crippen molar-refractivity contribution in [1.29, 1.82) is 0 Å². The lowest BCUT2D eigenvalue weighted by Crippen LogP contribution is -2.45. The molecule has 0 radical (unpaired) electrons. The molecular weight excluding hydrogens is 406 g/mol. The van der Waals surface area contributed by atoms with Gasteiger partial charge in [-0.25, -0.2) is 0 Å². The number of aryl methyl sites for hydroxylation is 1. The summed E-state index contributed by atoms with van der Waals surface area (Å²) >= 11 is 0. The van der Waals surface area contributed by atoms with Gasteiger partial charge in [0.05, 0.1) is 11.1 Å². The summed E-state index contributed by atoms with van der Waals surface area (Å²) in [6.07, 6.45) is 0. The molecule has 1 heterocycles. The average Bonchev–Trinajstić information content (AvgIpc) is 3.04. The van der Waals surface area contributed by atoms with Gasteiger partial charge in [-0.05, 0) is 43.3 Å². The third-order valence-corrected chi connectivity index (χ3v) is 5.18. The van der Waals surface area contributed by atoms with Crippen LogP contribution < -0.4 is 10.2 Å². The number of carbonyl (C=O) groups excluding carboxylic acids is 4. The maximum absolute atomic E-state index is 13.2. The van der Waals surface area contributed by atoms with E-state index in [-0.39, 0.29) is 17.7 Å². The van der Waals surface area contributed by atoms with E-state index in [4.69, 9.17) is 0 Å². The molecule has 0 spiro atoms. The Morgan fingerprint density at radius 1 is 0.812 bits per heavy atom. The zero-order chi connectivity index (χ0) is 22.7. The molecule has 32 heavy (non-hydrogen) atoms. The van der Waals surface area contributed by atoms with Crippen molar-refractivity contribution >= 4 is 35.0 Å². The Balaban J connectivity index is 1.52. The minimum absolute atomic E-state index is 0.264. The first-order chi connectivity index (χ1) is 15.4. The van der Waals surface area contributed by atoms with Gasteiger partial charge in [0.25, 0.3) is 11.8 Å². The number of para-hydroxylation sites is 1. The van der Waals surface area contributed by atoms with E-state index in [9.17, 15) is 19.2 Å². The number of hydrogen-bond donors (Lipinski definition) is 1. The Morgan fingerprint density at radius 3 is 1.97 bits per heavy atom. The van der Waals surface area contributed by atoms with Gasteiger partial charge in [0.15, 0.2) is 0 Å². The summed E-state index contributed by atoms with van der Waals surface area (Å²) in [4.78, 5) is 53.3. The molecule has 0 aliphatic carbocycles. The highest BCUT2D eigenvalue weighted by molar-refractivity contribution is 6.23. The Hall–Kier alpha value is -4.26. The minimum Gasteiger partial charge on any atom is -0.325 e. The number of benzene rings is 3. The molecule has 3 aromatic rings. The van der Waals surface area contributed by atoms with Crippen molar-refractivity contribution in [1.82, 2.24) is 4.90 Å². The summed E-state index contributed by atoms with van der Waals surface area (Å²) < 4.78 is 0. The van der Waals surface area contributed by atoms with Gasteiger partial charge >= 0.3 is 0 Å². The SMILES string of the molecule is Cc1ccc(NC(=O)CN(C(=O)CN2C(=O)c3ccccc3C2=O)c2ccccc2)cc1. The van der Waals surface area contributed by atoms with Crippen molar-refractivity contribution in [2.75, 3.05) is 23.3 Å². The van der Waals surface area contributed by atoms with Crippen LogP contribution in [0.15, 0.2) is 78.9 Å². The van der Waals surface area contributed by atoms with E-state index < -0.39 is 30.2 Å². The predicted octanol–water partition coefficient (Wildman–Crippen LogP) is 3.26. The number of imide groups is 1. The first-order valence-corrected chi connectivity index (χ1v) is 10.1. The number of fused-ring (bicyclic) bond motifs is 1. The van der Waals surface area contributed by atoms with Crippen LogP contribution >= 0.6 is 0 Å². The molecule has 1 aliphatic rings. The maximum atomic E-state index is 13.2. The number of nitrogens with zero attached hydrogens (tertiary/aromatic N) is 2. The van der Waals surface area contributed by atoms with E-state index in [1.54, 1.807) is 66.7 Å². The molecule has 4 rings (SSSR count). The highest BCUT2D eigenvalue weighted by atomic mass is 16.2. The van der Waals surface area contributed by atoms with E-state index in [1.165, 1.54) is 4.90 Å². The number of anilines is 2. The number of rotatable bonds is 6. The van der Waals surface area contributed by atoms with Gasteiger partial charge < -0.3 is 10.2 Å². The highest BCUT2D eigenvalue weighted by Crippen LogP contribution is 2.23. The fourth-order valence-corrected chi connectivity index (χ4v) is 3.52. The first kappa shape index (κ1) is 21.0. The van der Waals surface area contributed by atoms with E-state index in [2.05, 4.69) is 5.32 Å². The summed E-state index contributed by atoms with van der Waals surface area (Å²) in [5.74, 6) is -1.97. The second-order valence-electron chi connectivity index (χ2n) is 7.47. The molecule has 1 N–H and O–H groups in total. The standard InChI is InChI=1S/C25H21N3O4/c1-17-11-13-18(14-12-17)26-22(29)15-27(19-7-3-2-4-8-19)23(30)16-28-24(31)20-9-5-6-10-21(20)25(28)32/h2-14H,15-16H2,1H3,(H,26,29). The van der Waals surface area contributed by atoms with Crippen LogP contribution in [0.1, 0.15) is 26.3 Å². The van der Waals surface area contributed by atoms with Crippen LogP contribution in [0.2, 0.25) is 0 Å². The Morgan fingerprint density at radius 2 is 1.38 bits per heavy atom. The molecule has 0 bridgehead atoms. The van der Waals surface area contributed by atoms with Gasteiger partial charge in [-0.2, -0.15) is 0 Å². The Kier molecular flexibility index (Phi) is 5.81. The third-order valence-electron chi connectivity index (χ3n) is 5.18. The van der Waals surface area contributed by atoms with Crippen molar-refractivity contribution in [2.24, 2.45) is 0 Å². The van der Waals surface area contributed by atoms with Crippen LogP contribution in [-0.2, 0) is 9.59 Å². The summed E-state index contributed by atoms with van der Waals surface area (Å²) in [7, 11) is 0. The molecule has 0 fully saturated rings. The van der Waals surface area contributed by atoms with Crippen LogP contribution in [-0.4, -0.2) is 41.6 Å². The van der Waals surface area contributed by atoms with Gasteiger partial charge in [-0.15, -0.1) is 0 Å². The molecule has 7 heteroatoms. The Labute approximate surface area is 185 Å². The van der Waals surface area contributed by atoms with Crippen molar-refractivity contribution in [2.45, 2.75) is 6.92 Å². The average molecular weight is 427 g/mol. The number of carbonyl (C=O) groups is 4. The van der Waals surface area contributed by atoms with Crippen LogP contribution in [0.4, 0.5) is 11.4 Å². The number of hydrogen-bond acceptors (Lipinski definition) is 4. The van der Waals surface area contributed by atoms with Gasteiger partial charge in [-0.1, -0.05) is 48.0 Å². The van der Waals surface area contributed by atoms with Gasteiger partial charge in [0, 0.05) is 11.4 Å². The van der Waals surface area contributed by atoms with Crippen molar-refractivity contribution in [3.63, 3.8) is 0 Å². The summed E-state index contributed by atoms with van der Waals surface area (Å²) in [5.41, 5.74) is 2.71. The number of nitrogens with one attached hydrogen (secondary N) is 1. The van der Waals surface area contributed by atoms with Crippen LogP contribution in [0.25, 0.3) is 0 Å². The van der Waals surface area contributed by atoms with E-state index in [0.717, 1.165) is 10.5 Å². The van der Waals surface area contributed by atoms with E-state index >= 15 is 0 Å². The minimum atomic E-state index is -0.537. The fourth-order valence-electron chi connectivity index (χ4n) is 3.52. The molecule has 0 aromatic heterocycles. The summed E-state index contributed by atoms with van der Waals surface area (Å²) in [6, 6.07) is 22.4. The molecule has 1 aliphatic heterocycles. The molecule has 0 saturated carbocycles. The lowest BCUT2D eigenvalue weighted by atomic mass is 10.1. The topological polar surface area (TPSA) is 86.8 Å². The van der Waals surface area contributed by atoms with Crippen molar-refractivity contribution in [3.05, 3.63) is 95.6 Å². The van der Waals surface area contributed by atoms with Gasteiger partial charge in [-0.3, -0.25) is 24.1 Å². The van der Waals surface area contributed by atoms with Gasteiger partial charge in [0.1, 0.15) is 13.1 Å². The van der Waals surface area contributed by atoms with Crippen LogP contribution in [0.3, 0.4) is 0 Å².